The van der Waals surface area contributed by atoms with E-state index in [0.29, 0.717) is 18.0 Å². The van der Waals surface area contributed by atoms with Gasteiger partial charge in [0.2, 0.25) is 5.88 Å². The van der Waals surface area contributed by atoms with Crippen LogP contribution >= 0.6 is 0 Å². The standard InChI is InChI=1S/C16H19FN2O/c1-11-4-6-14(8-15(11)17)12(2)18-9-13-5-7-16(20-3)19-10-13/h4-8,10,12,18H,9H2,1-3H3. The summed E-state index contributed by atoms with van der Waals surface area (Å²) < 4.78 is 18.5. The van der Waals surface area contributed by atoms with Crippen LogP contribution in [0.25, 0.3) is 0 Å². The van der Waals surface area contributed by atoms with Crippen molar-refractivity contribution in [2.45, 2.75) is 26.4 Å². The maximum absolute atomic E-state index is 13.5. The number of ether oxygens (including phenoxy) is 1. The fraction of sp³-hybridized carbons (Fsp3) is 0.312. The average molecular weight is 274 g/mol. The third-order valence-corrected chi connectivity index (χ3v) is 3.31. The number of methoxy groups -OCH3 is 1. The zero-order valence-electron chi connectivity index (χ0n) is 12.0. The first-order chi connectivity index (χ1) is 9.60. The van der Waals surface area contributed by atoms with Crippen LogP contribution in [0.15, 0.2) is 36.5 Å². The van der Waals surface area contributed by atoms with Gasteiger partial charge in [-0.2, -0.15) is 0 Å². The van der Waals surface area contributed by atoms with Gasteiger partial charge in [0.25, 0.3) is 0 Å². The second-order valence-electron chi connectivity index (χ2n) is 4.82. The van der Waals surface area contributed by atoms with Crippen LogP contribution in [0, 0.1) is 12.7 Å². The Kier molecular flexibility index (Phi) is 4.69. The third-order valence-electron chi connectivity index (χ3n) is 3.31. The SMILES string of the molecule is COc1ccc(CNC(C)c2ccc(C)c(F)c2)cn1. The van der Waals surface area contributed by atoms with E-state index < -0.39 is 0 Å². The number of halogens is 1. The molecule has 1 unspecified atom stereocenters. The number of hydrogen-bond acceptors (Lipinski definition) is 3. The number of benzene rings is 1. The summed E-state index contributed by atoms with van der Waals surface area (Å²) in [7, 11) is 1.59. The lowest BCUT2D eigenvalue weighted by atomic mass is 10.1. The van der Waals surface area contributed by atoms with Gasteiger partial charge in [-0.15, -0.1) is 0 Å². The van der Waals surface area contributed by atoms with Crippen molar-refractivity contribution in [1.82, 2.24) is 10.3 Å². The highest BCUT2D eigenvalue weighted by molar-refractivity contribution is 5.25. The van der Waals surface area contributed by atoms with Gasteiger partial charge in [-0.25, -0.2) is 9.37 Å². The number of aromatic nitrogens is 1. The Morgan fingerprint density at radius 1 is 1.30 bits per heavy atom. The van der Waals surface area contributed by atoms with E-state index in [4.69, 9.17) is 4.74 Å². The Hall–Kier alpha value is -1.94. The maximum atomic E-state index is 13.5. The Balaban J connectivity index is 1.96. The highest BCUT2D eigenvalue weighted by Gasteiger charge is 2.07. The summed E-state index contributed by atoms with van der Waals surface area (Å²) in [6.07, 6.45) is 1.77. The zero-order valence-corrected chi connectivity index (χ0v) is 12.0. The molecule has 2 rings (SSSR count). The zero-order chi connectivity index (χ0) is 14.5. The van der Waals surface area contributed by atoms with Crippen LogP contribution in [-0.2, 0) is 6.54 Å². The Morgan fingerprint density at radius 2 is 2.10 bits per heavy atom. The number of pyridine rings is 1. The summed E-state index contributed by atoms with van der Waals surface area (Å²) in [5.74, 6) is 0.435. The molecule has 0 aliphatic rings. The lowest BCUT2D eigenvalue weighted by molar-refractivity contribution is 0.397. The summed E-state index contributed by atoms with van der Waals surface area (Å²) in [5.41, 5.74) is 2.67. The third kappa shape index (κ3) is 3.54. The van der Waals surface area contributed by atoms with Gasteiger partial charge in [0.1, 0.15) is 5.82 Å². The molecule has 0 fully saturated rings. The van der Waals surface area contributed by atoms with Crippen LogP contribution in [-0.4, -0.2) is 12.1 Å². The van der Waals surface area contributed by atoms with Crippen molar-refractivity contribution in [2.75, 3.05) is 7.11 Å². The Morgan fingerprint density at radius 3 is 2.70 bits per heavy atom. The molecule has 0 bridgehead atoms. The first-order valence-electron chi connectivity index (χ1n) is 6.58. The van der Waals surface area contributed by atoms with E-state index in [0.717, 1.165) is 11.1 Å². The monoisotopic (exact) mass is 274 g/mol. The van der Waals surface area contributed by atoms with Crippen LogP contribution in [0.1, 0.15) is 29.7 Å². The van der Waals surface area contributed by atoms with Crippen molar-refractivity contribution in [2.24, 2.45) is 0 Å². The molecule has 1 atom stereocenters. The molecule has 1 aromatic heterocycles. The van der Waals surface area contributed by atoms with Gasteiger partial charge in [-0.1, -0.05) is 18.2 Å². The molecule has 0 saturated heterocycles. The second-order valence-corrected chi connectivity index (χ2v) is 4.82. The predicted octanol–water partition coefficient (Wildman–Crippen LogP) is 3.39. The van der Waals surface area contributed by atoms with Crippen molar-refractivity contribution in [1.29, 1.82) is 0 Å². The molecular formula is C16H19FN2O. The van der Waals surface area contributed by atoms with Gasteiger partial charge in [-0.05, 0) is 36.6 Å². The molecule has 1 heterocycles. The number of nitrogens with one attached hydrogen (secondary N) is 1. The normalized spacial score (nSPS) is 12.2. The number of rotatable bonds is 5. The molecule has 0 amide bonds. The topological polar surface area (TPSA) is 34.1 Å². The van der Waals surface area contributed by atoms with Gasteiger partial charge >= 0.3 is 0 Å². The minimum atomic E-state index is -0.165. The van der Waals surface area contributed by atoms with Gasteiger partial charge < -0.3 is 10.1 Å². The second kappa shape index (κ2) is 6.48. The predicted molar refractivity (Wildman–Crippen MR) is 77.2 cm³/mol. The summed E-state index contributed by atoms with van der Waals surface area (Å²) in [6, 6.07) is 9.20. The van der Waals surface area contributed by atoms with Crippen molar-refractivity contribution in [3.05, 3.63) is 59.0 Å². The van der Waals surface area contributed by atoms with E-state index >= 15 is 0 Å². The molecule has 4 heteroatoms. The Bertz CT molecular complexity index is 569. The minimum Gasteiger partial charge on any atom is -0.481 e. The first-order valence-corrected chi connectivity index (χ1v) is 6.58. The first kappa shape index (κ1) is 14.5. The number of aryl methyl sites for hydroxylation is 1. The molecule has 0 saturated carbocycles. The molecule has 20 heavy (non-hydrogen) atoms. The van der Waals surface area contributed by atoms with Crippen LogP contribution in [0.5, 0.6) is 5.88 Å². The average Bonchev–Trinajstić information content (AvgIpc) is 2.48. The van der Waals surface area contributed by atoms with Gasteiger partial charge in [0, 0.05) is 24.8 Å². The minimum absolute atomic E-state index is 0.0761. The molecule has 1 N–H and O–H groups in total. The fourth-order valence-electron chi connectivity index (χ4n) is 1.90. The molecule has 106 valence electrons. The summed E-state index contributed by atoms with van der Waals surface area (Å²) in [5, 5.41) is 3.35. The summed E-state index contributed by atoms with van der Waals surface area (Å²) in [6.45, 7) is 4.45. The Labute approximate surface area is 118 Å². The van der Waals surface area contributed by atoms with Crippen LogP contribution < -0.4 is 10.1 Å². The molecule has 0 radical (unpaired) electrons. The molecule has 0 spiro atoms. The lowest BCUT2D eigenvalue weighted by Crippen LogP contribution is -2.18. The molecule has 2 aromatic rings. The molecule has 0 aliphatic heterocycles. The van der Waals surface area contributed by atoms with Crippen molar-refractivity contribution in [3.8, 4) is 5.88 Å². The molecular weight excluding hydrogens is 255 g/mol. The highest BCUT2D eigenvalue weighted by Crippen LogP contribution is 2.17. The summed E-state index contributed by atoms with van der Waals surface area (Å²) >= 11 is 0. The van der Waals surface area contributed by atoms with Gasteiger partial charge in [-0.3, -0.25) is 0 Å². The van der Waals surface area contributed by atoms with Gasteiger partial charge in [0.15, 0.2) is 0 Å². The maximum Gasteiger partial charge on any atom is 0.212 e. The lowest BCUT2D eigenvalue weighted by Gasteiger charge is -2.15. The van der Waals surface area contributed by atoms with E-state index in [2.05, 4.69) is 10.3 Å². The smallest absolute Gasteiger partial charge is 0.212 e. The van der Waals surface area contributed by atoms with Crippen molar-refractivity contribution < 1.29 is 9.13 Å². The molecule has 1 aromatic carbocycles. The number of nitrogens with zero attached hydrogens (tertiary/aromatic N) is 1. The van der Waals surface area contributed by atoms with E-state index in [1.54, 1.807) is 32.4 Å². The van der Waals surface area contributed by atoms with E-state index in [1.165, 1.54) is 0 Å². The van der Waals surface area contributed by atoms with Crippen LogP contribution in [0.4, 0.5) is 4.39 Å². The van der Waals surface area contributed by atoms with Crippen molar-refractivity contribution >= 4 is 0 Å². The van der Waals surface area contributed by atoms with Crippen molar-refractivity contribution in [3.63, 3.8) is 0 Å². The van der Waals surface area contributed by atoms with Crippen LogP contribution in [0.3, 0.4) is 0 Å². The quantitative estimate of drug-likeness (QED) is 0.907. The fourth-order valence-corrected chi connectivity index (χ4v) is 1.90. The molecule has 3 nitrogen and oxygen atoms in total. The van der Waals surface area contributed by atoms with E-state index in [1.807, 2.05) is 25.1 Å². The molecule has 0 aliphatic carbocycles. The van der Waals surface area contributed by atoms with E-state index in [9.17, 15) is 4.39 Å². The highest BCUT2D eigenvalue weighted by atomic mass is 19.1. The van der Waals surface area contributed by atoms with Crippen LogP contribution in [0.2, 0.25) is 0 Å². The van der Waals surface area contributed by atoms with E-state index in [-0.39, 0.29) is 11.9 Å². The van der Waals surface area contributed by atoms with Gasteiger partial charge in [0.05, 0.1) is 7.11 Å². The largest absolute Gasteiger partial charge is 0.481 e. The number of hydrogen-bond donors (Lipinski definition) is 1. The summed E-state index contributed by atoms with van der Waals surface area (Å²) in [4.78, 5) is 4.15.